The van der Waals surface area contributed by atoms with Crippen LogP contribution in [0.1, 0.15) is 58.4 Å². The van der Waals surface area contributed by atoms with Gasteiger partial charge in [-0.25, -0.2) is 9.36 Å². The molecule has 0 amide bonds. The van der Waals surface area contributed by atoms with Crippen LogP contribution >= 0.6 is 11.3 Å². The van der Waals surface area contributed by atoms with E-state index >= 15 is 0 Å². The van der Waals surface area contributed by atoms with Gasteiger partial charge in [-0.3, -0.25) is 9.79 Å². The van der Waals surface area contributed by atoms with E-state index < -0.39 is 29.1 Å². The predicted octanol–water partition coefficient (Wildman–Crippen LogP) is 7.46. The number of alkyl halides is 3. The zero-order valence-electron chi connectivity index (χ0n) is 23.0. The summed E-state index contributed by atoms with van der Waals surface area (Å²) < 4.78 is 46.2. The molecule has 0 radical (unpaired) electrons. The summed E-state index contributed by atoms with van der Waals surface area (Å²) in [5.74, 6) is -0.653. The molecule has 41 heavy (non-hydrogen) atoms. The molecule has 10 heteroatoms. The monoisotopic (exact) mass is 582 g/mol. The van der Waals surface area contributed by atoms with Gasteiger partial charge in [0, 0.05) is 21.9 Å². The predicted molar refractivity (Wildman–Crippen MR) is 154 cm³/mol. The first kappa shape index (κ1) is 28.6. The maximum Gasteiger partial charge on any atom is 0.416 e. The number of hydrogen-bond donors (Lipinski definition) is 1. The van der Waals surface area contributed by atoms with Crippen molar-refractivity contribution in [2.45, 2.75) is 46.2 Å². The summed E-state index contributed by atoms with van der Waals surface area (Å²) in [6, 6.07) is 10.7. The van der Waals surface area contributed by atoms with Crippen LogP contribution in [0, 0.1) is 11.3 Å². The number of nitrogens with zero attached hydrogens (tertiary/aromatic N) is 2. The molecule has 0 unspecified atom stereocenters. The van der Waals surface area contributed by atoms with Gasteiger partial charge in [0.2, 0.25) is 5.88 Å². The summed E-state index contributed by atoms with van der Waals surface area (Å²) in [5.41, 5.74) is -0.141. The van der Waals surface area contributed by atoms with Gasteiger partial charge in [0.15, 0.2) is 0 Å². The first-order valence-corrected chi connectivity index (χ1v) is 13.9. The maximum atomic E-state index is 13.4. The number of carbonyl (C=O) groups is 1. The van der Waals surface area contributed by atoms with E-state index in [0.717, 1.165) is 40.0 Å². The van der Waals surface area contributed by atoms with Crippen LogP contribution in [0.3, 0.4) is 0 Å². The molecular weight excluding hydrogens is 553 g/mol. The van der Waals surface area contributed by atoms with E-state index in [1.165, 1.54) is 42.9 Å². The highest BCUT2D eigenvalue weighted by molar-refractivity contribution is 7.14. The summed E-state index contributed by atoms with van der Waals surface area (Å²) in [6.45, 7) is 6.59. The molecule has 1 aliphatic rings. The lowest BCUT2D eigenvalue weighted by atomic mass is 9.72. The number of thiophene rings is 1. The summed E-state index contributed by atoms with van der Waals surface area (Å²) in [4.78, 5) is 32.2. The number of ether oxygens (including phenoxy) is 1. The second-order valence-corrected chi connectivity index (χ2v) is 12.3. The number of aromatic nitrogens is 1. The average Bonchev–Trinajstić information content (AvgIpc) is 3.30. The SMILES string of the molecule is COC(=O)c1sc2c(c1N=Cc1c(O)n(-c3cccc(C(F)(F)F)c3)c(=O)c3ccccc13)CC[C@@H](C(C)(C)C)C2. The van der Waals surface area contributed by atoms with Crippen LogP contribution in [0.4, 0.5) is 18.9 Å². The van der Waals surface area contributed by atoms with E-state index in [4.69, 9.17) is 4.74 Å². The quantitative estimate of drug-likeness (QED) is 0.200. The Hall–Kier alpha value is -3.92. The summed E-state index contributed by atoms with van der Waals surface area (Å²) in [7, 11) is 1.30. The van der Waals surface area contributed by atoms with Gasteiger partial charge in [-0.1, -0.05) is 45.0 Å². The van der Waals surface area contributed by atoms with Gasteiger partial charge in [0.25, 0.3) is 5.56 Å². The Labute approximate surface area is 238 Å². The molecule has 0 bridgehead atoms. The van der Waals surface area contributed by atoms with Crippen molar-refractivity contribution >= 4 is 40.0 Å². The Morgan fingerprint density at radius 3 is 2.49 bits per heavy atom. The fraction of sp³-hybridized carbons (Fsp3) is 0.323. The molecule has 2 heterocycles. The molecule has 1 atom stereocenters. The molecule has 1 N–H and O–H groups in total. The molecule has 2 aromatic carbocycles. The van der Waals surface area contributed by atoms with Crippen molar-refractivity contribution in [2.75, 3.05) is 7.11 Å². The number of rotatable bonds is 4. The van der Waals surface area contributed by atoms with Gasteiger partial charge in [-0.15, -0.1) is 11.3 Å². The lowest BCUT2D eigenvalue weighted by Crippen LogP contribution is -2.26. The molecule has 214 valence electrons. The third kappa shape index (κ3) is 5.28. The molecule has 5 rings (SSSR count). The Kier molecular flexibility index (Phi) is 7.31. The Morgan fingerprint density at radius 1 is 1.12 bits per heavy atom. The third-order valence-electron chi connectivity index (χ3n) is 7.69. The van der Waals surface area contributed by atoms with Gasteiger partial charge in [-0.2, -0.15) is 13.2 Å². The van der Waals surface area contributed by atoms with Crippen molar-refractivity contribution in [2.24, 2.45) is 16.3 Å². The highest BCUT2D eigenvalue weighted by Crippen LogP contribution is 2.46. The molecule has 0 saturated carbocycles. The Balaban J connectivity index is 1.69. The first-order valence-electron chi connectivity index (χ1n) is 13.1. The number of benzene rings is 2. The number of fused-ring (bicyclic) bond motifs is 2. The molecule has 1 aliphatic carbocycles. The molecule has 0 spiro atoms. The van der Waals surface area contributed by atoms with Gasteiger partial charge < -0.3 is 9.84 Å². The van der Waals surface area contributed by atoms with Crippen molar-refractivity contribution < 1.29 is 27.8 Å². The van der Waals surface area contributed by atoms with Gasteiger partial charge >= 0.3 is 12.1 Å². The number of methoxy groups -OCH3 is 1. The van der Waals surface area contributed by atoms with E-state index in [2.05, 4.69) is 25.8 Å². The fourth-order valence-electron chi connectivity index (χ4n) is 5.36. The molecule has 0 fully saturated rings. The van der Waals surface area contributed by atoms with Crippen LogP contribution in [0.25, 0.3) is 16.5 Å². The van der Waals surface area contributed by atoms with Crippen LogP contribution in [0.15, 0.2) is 58.3 Å². The number of carbonyl (C=O) groups excluding carboxylic acids is 1. The van der Waals surface area contributed by atoms with Crippen LogP contribution in [-0.2, 0) is 23.8 Å². The molecule has 2 aromatic heterocycles. The third-order valence-corrected chi connectivity index (χ3v) is 8.91. The van der Waals surface area contributed by atoms with E-state index in [-0.39, 0.29) is 22.1 Å². The zero-order chi connectivity index (χ0) is 29.7. The summed E-state index contributed by atoms with van der Waals surface area (Å²) in [6.07, 6.45) is -0.826. The van der Waals surface area contributed by atoms with Crippen molar-refractivity contribution in [3.63, 3.8) is 0 Å². The van der Waals surface area contributed by atoms with Crippen LogP contribution in [0.5, 0.6) is 5.88 Å². The van der Waals surface area contributed by atoms with Crippen LogP contribution < -0.4 is 5.56 Å². The number of esters is 1. The highest BCUT2D eigenvalue weighted by atomic mass is 32.1. The minimum Gasteiger partial charge on any atom is -0.494 e. The lowest BCUT2D eigenvalue weighted by Gasteiger charge is -2.33. The van der Waals surface area contributed by atoms with Crippen molar-refractivity contribution in [3.05, 3.63) is 85.3 Å². The van der Waals surface area contributed by atoms with E-state index in [9.17, 15) is 27.9 Å². The number of aromatic hydroxyl groups is 1. The van der Waals surface area contributed by atoms with E-state index in [1.807, 2.05) is 0 Å². The summed E-state index contributed by atoms with van der Waals surface area (Å²) >= 11 is 1.35. The molecule has 6 nitrogen and oxygen atoms in total. The van der Waals surface area contributed by atoms with Gasteiger partial charge in [0.1, 0.15) is 4.88 Å². The Bertz CT molecular complexity index is 1750. The average molecular weight is 583 g/mol. The number of halogens is 3. The molecular formula is C31H29F3N2O4S. The second-order valence-electron chi connectivity index (χ2n) is 11.2. The van der Waals surface area contributed by atoms with Crippen molar-refractivity contribution in [1.29, 1.82) is 0 Å². The normalized spacial score (nSPS) is 15.8. The van der Waals surface area contributed by atoms with Gasteiger partial charge in [0.05, 0.1) is 29.6 Å². The second kappa shape index (κ2) is 10.5. The zero-order valence-corrected chi connectivity index (χ0v) is 23.8. The number of pyridine rings is 1. The van der Waals surface area contributed by atoms with Crippen LogP contribution in [-0.4, -0.2) is 29.0 Å². The minimum absolute atomic E-state index is 0.0956. The standard InChI is InChI=1S/C31H29F3N2O4S/c1-30(2,3)17-12-13-22-24(15-17)41-26(29(39)40-4)25(22)35-16-23-20-10-5-6-11-21(20)27(37)36(28(23)38)19-9-7-8-18(14-19)31(32,33)34/h5-11,14,16-17,38H,12-13,15H2,1-4H3/t17-/m1/s1. The smallest absolute Gasteiger partial charge is 0.416 e. The maximum absolute atomic E-state index is 13.4. The van der Waals surface area contributed by atoms with Crippen LogP contribution in [0.2, 0.25) is 0 Å². The number of aliphatic imine (C=N–C) groups is 1. The fourth-order valence-corrected chi connectivity index (χ4v) is 6.65. The van der Waals surface area contributed by atoms with Gasteiger partial charge in [-0.05, 0) is 60.4 Å². The first-order chi connectivity index (χ1) is 19.3. The van der Waals surface area contributed by atoms with E-state index in [1.54, 1.807) is 18.2 Å². The Morgan fingerprint density at radius 2 is 1.83 bits per heavy atom. The largest absolute Gasteiger partial charge is 0.494 e. The topological polar surface area (TPSA) is 80.9 Å². The van der Waals surface area contributed by atoms with E-state index in [0.29, 0.717) is 28.3 Å². The summed E-state index contributed by atoms with van der Waals surface area (Å²) in [5, 5.41) is 11.9. The van der Waals surface area contributed by atoms with Crippen molar-refractivity contribution in [1.82, 2.24) is 4.57 Å². The van der Waals surface area contributed by atoms with Crippen molar-refractivity contribution in [3.8, 4) is 11.6 Å². The lowest BCUT2D eigenvalue weighted by molar-refractivity contribution is -0.137. The minimum atomic E-state index is -4.63. The molecule has 4 aromatic rings. The molecule has 0 saturated heterocycles. The molecule has 0 aliphatic heterocycles. The highest BCUT2D eigenvalue weighted by Gasteiger charge is 2.34. The number of hydrogen-bond acceptors (Lipinski definition) is 6.